The van der Waals surface area contributed by atoms with Crippen molar-refractivity contribution in [1.29, 1.82) is 0 Å². The maximum Gasteiger partial charge on any atom is 0.0476 e. The summed E-state index contributed by atoms with van der Waals surface area (Å²) in [7, 11) is 0. The molecule has 0 spiro atoms. The maximum atomic E-state index is 9.30. The minimum atomic E-state index is 0.312. The van der Waals surface area contributed by atoms with Gasteiger partial charge in [-0.2, -0.15) is 0 Å². The molecule has 0 aromatic heterocycles. The predicted molar refractivity (Wildman–Crippen MR) is 80.6 cm³/mol. The third-order valence-corrected chi connectivity index (χ3v) is 4.05. The zero-order valence-electron chi connectivity index (χ0n) is 12.1. The zero-order valence-corrected chi connectivity index (χ0v) is 12.1. The number of hydrogen-bond acceptors (Lipinski definition) is 3. The van der Waals surface area contributed by atoms with E-state index in [0.717, 1.165) is 26.1 Å². The fourth-order valence-corrected chi connectivity index (χ4v) is 2.85. The topological polar surface area (TPSA) is 35.5 Å². The molecule has 1 saturated heterocycles. The van der Waals surface area contributed by atoms with Crippen LogP contribution in [0, 0.1) is 5.92 Å². The molecule has 2 N–H and O–H groups in total. The molecule has 0 bridgehead atoms. The summed E-state index contributed by atoms with van der Waals surface area (Å²) in [5.41, 5.74) is 2.62. The van der Waals surface area contributed by atoms with Gasteiger partial charge in [-0.3, -0.25) is 0 Å². The van der Waals surface area contributed by atoms with Crippen LogP contribution in [0.3, 0.4) is 0 Å². The molecule has 2 rings (SSSR count). The van der Waals surface area contributed by atoms with E-state index in [1.54, 1.807) is 0 Å². The molecule has 1 aliphatic heterocycles. The molecule has 1 fully saturated rings. The Morgan fingerprint density at radius 2 is 2.11 bits per heavy atom. The first kappa shape index (κ1) is 14.4. The van der Waals surface area contributed by atoms with Crippen LogP contribution >= 0.6 is 0 Å². The maximum absolute atomic E-state index is 9.30. The molecule has 0 radical (unpaired) electrons. The lowest BCUT2D eigenvalue weighted by Gasteiger charge is -2.33. The highest BCUT2D eigenvalue weighted by molar-refractivity contribution is 5.48. The Morgan fingerprint density at radius 3 is 2.74 bits per heavy atom. The third kappa shape index (κ3) is 3.71. The second-order valence-corrected chi connectivity index (χ2v) is 5.51. The van der Waals surface area contributed by atoms with Gasteiger partial charge in [0.1, 0.15) is 0 Å². The van der Waals surface area contributed by atoms with Crippen LogP contribution in [0.25, 0.3) is 0 Å². The van der Waals surface area contributed by atoms with Gasteiger partial charge in [-0.25, -0.2) is 0 Å². The lowest BCUT2D eigenvalue weighted by Crippen LogP contribution is -2.36. The van der Waals surface area contributed by atoms with Gasteiger partial charge in [0.2, 0.25) is 0 Å². The van der Waals surface area contributed by atoms with Crippen molar-refractivity contribution in [3.05, 3.63) is 29.8 Å². The van der Waals surface area contributed by atoms with E-state index < -0.39 is 0 Å². The van der Waals surface area contributed by atoms with Crippen molar-refractivity contribution in [2.24, 2.45) is 5.92 Å². The van der Waals surface area contributed by atoms with Gasteiger partial charge in [0, 0.05) is 31.4 Å². The molecule has 19 heavy (non-hydrogen) atoms. The Hall–Kier alpha value is -1.06. The van der Waals surface area contributed by atoms with Crippen LogP contribution < -0.4 is 10.2 Å². The lowest BCUT2D eigenvalue weighted by atomic mass is 9.98. The number of rotatable bonds is 5. The lowest BCUT2D eigenvalue weighted by molar-refractivity contribution is 0.209. The van der Waals surface area contributed by atoms with Crippen LogP contribution in [0.1, 0.15) is 38.3 Å². The van der Waals surface area contributed by atoms with Crippen molar-refractivity contribution in [2.45, 2.75) is 32.7 Å². The predicted octanol–water partition coefficient (Wildman–Crippen LogP) is 2.57. The first-order chi connectivity index (χ1) is 9.24. The number of aliphatic hydroxyl groups excluding tert-OH is 1. The second kappa shape index (κ2) is 6.92. The molecule has 1 aliphatic rings. The summed E-state index contributed by atoms with van der Waals surface area (Å²) in [6.45, 7) is 7.73. The van der Waals surface area contributed by atoms with Crippen molar-refractivity contribution < 1.29 is 5.11 Å². The first-order valence-electron chi connectivity index (χ1n) is 7.43. The Labute approximate surface area is 116 Å². The van der Waals surface area contributed by atoms with Crippen molar-refractivity contribution in [3.63, 3.8) is 0 Å². The van der Waals surface area contributed by atoms with E-state index in [2.05, 4.69) is 48.3 Å². The highest BCUT2D eigenvalue weighted by atomic mass is 16.3. The number of benzene rings is 1. The van der Waals surface area contributed by atoms with Crippen LogP contribution in [0.5, 0.6) is 0 Å². The number of aliphatic hydroxyl groups is 1. The summed E-state index contributed by atoms with van der Waals surface area (Å²) in [6.07, 6.45) is 2.34. The van der Waals surface area contributed by atoms with Gasteiger partial charge in [-0.15, -0.1) is 0 Å². The quantitative estimate of drug-likeness (QED) is 0.856. The Balaban J connectivity index is 2.01. The molecule has 1 aromatic rings. The molecular formula is C16H26N2O. The van der Waals surface area contributed by atoms with Crippen LogP contribution in [0.15, 0.2) is 24.3 Å². The Kier molecular flexibility index (Phi) is 5.23. The smallest absolute Gasteiger partial charge is 0.0476 e. The van der Waals surface area contributed by atoms with Crippen LogP contribution in [-0.4, -0.2) is 31.3 Å². The molecule has 3 heteroatoms. The molecule has 1 heterocycles. The molecule has 2 unspecified atom stereocenters. The van der Waals surface area contributed by atoms with Crippen LogP contribution in [0.4, 0.5) is 5.69 Å². The van der Waals surface area contributed by atoms with E-state index in [-0.39, 0.29) is 0 Å². The number of hydrogen-bond donors (Lipinski definition) is 2. The van der Waals surface area contributed by atoms with Gasteiger partial charge in [-0.1, -0.05) is 19.1 Å². The number of anilines is 1. The van der Waals surface area contributed by atoms with Gasteiger partial charge < -0.3 is 15.3 Å². The van der Waals surface area contributed by atoms with E-state index in [1.807, 2.05) is 0 Å². The molecule has 0 saturated carbocycles. The molecule has 1 aromatic carbocycles. The molecular weight excluding hydrogens is 236 g/mol. The van der Waals surface area contributed by atoms with Crippen molar-refractivity contribution in [2.75, 3.05) is 31.1 Å². The van der Waals surface area contributed by atoms with Crippen LogP contribution in [-0.2, 0) is 0 Å². The summed E-state index contributed by atoms with van der Waals surface area (Å²) < 4.78 is 0. The fourth-order valence-electron chi connectivity index (χ4n) is 2.85. The minimum absolute atomic E-state index is 0.312. The largest absolute Gasteiger partial charge is 0.396 e. The van der Waals surface area contributed by atoms with E-state index in [0.29, 0.717) is 18.6 Å². The average Bonchev–Trinajstić information content (AvgIpc) is 2.48. The van der Waals surface area contributed by atoms with Crippen molar-refractivity contribution in [1.82, 2.24) is 5.32 Å². The second-order valence-electron chi connectivity index (χ2n) is 5.51. The molecule has 2 atom stereocenters. The monoisotopic (exact) mass is 262 g/mol. The summed E-state index contributed by atoms with van der Waals surface area (Å²) in [5, 5.41) is 12.7. The van der Waals surface area contributed by atoms with Gasteiger partial charge >= 0.3 is 0 Å². The standard InChI is InChI=1S/C16H26N2O/c1-3-17-13(2)15-6-8-16(9-7-15)18-10-4-5-14(11-18)12-19/h6-9,13-14,17,19H,3-5,10-12H2,1-2H3. The van der Waals surface area contributed by atoms with Crippen molar-refractivity contribution >= 4 is 5.69 Å². The summed E-state index contributed by atoms with van der Waals surface area (Å²) >= 11 is 0. The summed E-state index contributed by atoms with van der Waals surface area (Å²) in [6, 6.07) is 9.26. The number of nitrogens with one attached hydrogen (secondary N) is 1. The SMILES string of the molecule is CCNC(C)c1ccc(N2CCCC(CO)C2)cc1. The highest BCUT2D eigenvalue weighted by Crippen LogP contribution is 2.24. The highest BCUT2D eigenvalue weighted by Gasteiger charge is 2.19. The van der Waals surface area contributed by atoms with E-state index >= 15 is 0 Å². The van der Waals surface area contributed by atoms with Gasteiger partial charge in [-0.05, 0) is 49.9 Å². The minimum Gasteiger partial charge on any atom is -0.396 e. The van der Waals surface area contributed by atoms with Gasteiger partial charge in [0.25, 0.3) is 0 Å². The van der Waals surface area contributed by atoms with E-state index in [1.165, 1.54) is 17.7 Å². The first-order valence-corrected chi connectivity index (χ1v) is 7.43. The normalized spacial score (nSPS) is 21.4. The van der Waals surface area contributed by atoms with Gasteiger partial charge in [0.05, 0.1) is 0 Å². The van der Waals surface area contributed by atoms with Crippen molar-refractivity contribution in [3.8, 4) is 0 Å². The fraction of sp³-hybridized carbons (Fsp3) is 0.625. The van der Waals surface area contributed by atoms with Gasteiger partial charge in [0.15, 0.2) is 0 Å². The molecule has 0 aliphatic carbocycles. The Morgan fingerprint density at radius 1 is 1.37 bits per heavy atom. The Bertz CT molecular complexity index is 377. The van der Waals surface area contributed by atoms with E-state index in [9.17, 15) is 5.11 Å². The third-order valence-electron chi connectivity index (χ3n) is 4.05. The zero-order chi connectivity index (χ0) is 13.7. The number of nitrogens with zero attached hydrogens (tertiary/aromatic N) is 1. The summed E-state index contributed by atoms with van der Waals surface area (Å²) in [5.74, 6) is 0.439. The molecule has 3 nitrogen and oxygen atoms in total. The summed E-state index contributed by atoms with van der Waals surface area (Å²) in [4.78, 5) is 2.39. The molecule has 106 valence electrons. The van der Waals surface area contributed by atoms with E-state index in [4.69, 9.17) is 0 Å². The molecule has 0 amide bonds. The number of piperidine rings is 1. The van der Waals surface area contributed by atoms with Crippen LogP contribution in [0.2, 0.25) is 0 Å². The average molecular weight is 262 g/mol.